The fourth-order valence-electron chi connectivity index (χ4n) is 2.18. The Hall–Kier alpha value is -2.66. The topological polar surface area (TPSA) is 52.3 Å². The van der Waals surface area contributed by atoms with Crippen LogP contribution in [0.2, 0.25) is 5.02 Å². The molecular weight excluding hydrogens is 333 g/mol. The van der Waals surface area contributed by atoms with E-state index in [1.54, 1.807) is 30.3 Å². The molecule has 0 spiro atoms. The maximum Gasteiger partial charge on any atom is 0.226 e. The first-order valence-corrected chi connectivity index (χ1v) is 7.54. The molecule has 2 aromatic carbocycles. The van der Waals surface area contributed by atoms with E-state index < -0.39 is 0 Å². The lowest BCUT2D eigenvalue weighted by Crippen LogP contribution is -2.02. The van der Waals surface area contributed by atoms with Crippen LogP contribution >= 0.6 is 11.6 Å². The van der Waals surface area contributed by atoms with Crippen molar-refractivity contribution in [2.75, 3.05) is 0 Å². The maximum absolute atomic E-state index is 13.2. The van der Waals surface area contributed by atoms with E-state index in [0.29, 0.717) is 33.5 Å². The number of hydrogen-bond donors (Lipinski definition) is 0. The Morgan fingerprint density at radius 3 is 2.88 bits per heavy atom. The molecular formula is C18H13ClFNO3. The first kappa shape index (κ1) is 16.2. The number of halogens is 2. The van der Waals surface area contributed by atoms with E-state index in [0.717, 1.165) is 0 Å². The summed E-state index contributed by atoms with van der Waals surface area (Å²) in [6.07, 6.45) is 1.43. The Kier molecular flexibility index (Phi) is 4.62. The Balaban J connectivity index is 1.76. The predicted molar refractivity (Wildman–Crippen MR) is 87.7 cm³/mol. The van der Waals surface area contributed by atoms with Crippen molar-refractivity contribution in [1.82, 2.24) is 4.98 Å². The first-order valence-electron chi connectivity index (χ1n) is 7.16. The number of oxazole rings is 1. The van der Waals surface area contributed by atoms with Crippen LogP contribution < -0.4 is 4.74 Å². The monoisotopic (exact) mass is 345 g/mol. The van der Waals surface area contributed by atoms with Crippen molar-refractivity contribution in [1.29, 1.82) is 0 Å². The molecule has 1 aromatic heterocycles. The van der Waals surface area contributed by atoms with Gasteiger partial charge in [-0.2, -0.15) is 0 Å². The number of nitrogens with zero attached hydrogens (tertiary/aromatic N) is 1. The molecule has 0 N–H and O–H groups in total. The number of carbonyl (C=O) groups is 1. The standard InChI is InChI=1S/C18H13ClFNO3/c1-11(22)16-8-13(19)5-6-17(16)23-9-15-10-24-18(21-15)12-3-2-4-14(20)7-12/h2-8,10H,9H2,1H3. The van der Waals surface area contributed by atoms with E-state index in [1.165, 1.54) is 25.3 Å². The van der Waals surface area contributed by atoms with Gasteiger partial charge in [-0.15, -0.1) is 0 Å². The fourth-order valence-corrected chi connectivity index (χ4v) is 2.35. The molecule has 3 aromatic rings. The largest absolute Gasteiger partial charge is 0.486 e. The van der Waals surface area contributed by atoms with Crippen molar-refractivity contribution in [2.45, 2.75) is 13.5 Å². The normalized spacial score (nSPS) is 10.6. The summed E-state index contributed by atoms with van der Waals surface area (Å²) in [5.41, 5.74) is 1.47. The molecule has 0 bridgehead atoms. The summed E-state index contributed by atoms with van der Waals surface area (Å²) in [4.78, 5) is 15.9. The van der Waals surface area contributed by atoms with Gasteiger partial charge in [-0.05, 0) is 43.3 Å². The zero-order valence-electron chi connectivity index (χ0n) is 12.8. The molecule has 0 amide bonds. The second kappa shape index (κ2) is 6.84. The minimum absolute atomic E-state index is 0.112. The minimum atomic E-state index is -0.365. The number of benzene rings is 2. The highest BCUT2D eigenvalue weighted by Gasteiger charge is 2.12. The number of hydrogen-bond acceptors (Lipinski definition) is 4. The molecule has 0 atom stereocenters. The molecule has 0 unspecified atom stereocenters. The van der Waals surface area contributed by atoms with E-state index in [-0.39, 0.29) is 18.2 Å². The Bertz CT molecular complexity index is 891. The fraction of sp³-hybridized carbons (Fsp3) is 0.111. The molecule has 0 fully saturated rings. The third-order valence-corrected chi connectivity index (χ3v) is 3.55. The number of Topliss-reactive ketones (excluding diaryl/α,β-unsaturated/α-hetero) is 1. The summed E-state index contributed by atoms with van der Waals surface area (Å²) < 4.78 is 24.2. The zero-order valence-corrected chi connectivity index (χ0v) is 13.5. The average molecular weight is 346 g/mol. The summed E-state index contributed by atoms with van der Waals surface area (Å²) in [6, 6.07) is 10.8. The molecule has 6 heteroatoms. The van der Waals surface area contributed by atoms with Crippen LogP contribution in [0.1, 0.15) is 23.0 Å². The molecule has 0 aliphatic heterocycles. The number of aromatic nitrogens is 1. The SMILES string of the molecule is CC(=O)c1cc(Cl)ccc1OCc1coc(-c2cccc(F)c2)n1. The van der Waals surface area contributed by atoms with Gasteiger partial charge < -0.3 is 9.15 Å². The van der Waals surface area contributed by atoms with Crippen LogP contribution in [-0.4, -0.2) is 10.8 Å². The van der Waals surface area contributed by atoms with E-state index >= 15 is 0 Å². The van der Waals surface area contributed by atoms with E-state index in [4.69, 9.17) is 20.8 Å². The van der Waals surface area contributed by atoms with Crippen molar-refractivity contribution in [2.24, 2.45) is 0 Å². The van der Waals surface area contributed by atoms with Crippen molar-refractivity contribution in [3.05, 3.63) is 70.8 Å². The van der Waals surface area contributed by atoms with Crippen molar-refractivity contribution in [3.63, 3.8) is 0 Å². The summed E-state index contributed by atoms with van der Waals surface area (Å²) in [5.74, 6) is 0.210. The van der Waals surface area contributed by atoms with Gasteiger partial charge >= 0.3 is 0 Å². The van der Waals surface area contributed by atoms with Gasteiger partial charge in [0.15, 0.2) is 5.78 Å². The van der Waals surface area contributed by atoms with Gasteiger partial charge in [-0.1, -0.05) is 17.7 Å². The summed E-state index contributed by atoms with van der Waals surface area (Å²) in [7, 11) is 0. The summed E-state index contributed by atoms with van der Waals surface area (Å²) in [5, 5.41) is 0.461. The van der Waals surface area contributed by atoms with Gasteiger partial charge in [0.2, 0.25) is 5.89 Å². The van der Waals surface area contributed by atoms with Crippen LogP contribution in [0.15, 0.2) is 53.1 Å². The van der Waals surface area contributed by atoms with Gasteiger partial charge in [0.05, 0.1) is 5.56 Å². The van der Waals surface area contributed by atoms with Crippen LogP contribution in [0.3, 0.4) is 0 Å². The Labute approximate surface area is 142 Å². The van der Waals surface area contributed by atoms with E-state index in [2.05, 4.69) is 4.98 Å². The molecule has 122 valence electrons. The second-order valence-electron chi connectivity index (χ2n) is 5.14. The van der Waals surface area contributed by atoms with Crippen LogP contribution in [0.4, 0.5) is 4.39 Å². The van der Waals surface area contributed by atoms with Crippen LogP contribution in [-0.2, 0) is 6.61 Å². The lowest BCUT2D eigenvalue weighted by molar-refractivity contribution is 0.101. The Morgan fingerprint density at radius 2 is 2.12 bits per heavy atom. The van der Waals surface area contributed by atoms with E-state index in [1.807, 2.05) is 0 Å². The number of rotatable bonds is 5. The molecule has 4 nitrogen and oxygen atoms in total. The van der Waals surface area contributed by atoms with Crippen LogP contribution in [0.25, 0.3) is 11.5 Å². The summed E-state index contributed by atoms with van der Waals surface area (Å²) in [6.45, 7) is 1.55. The Morgan fingerprint density at radius 1 is 1.29 bits per heavy atom. The predicted octanol–water partition coefficient (Wildman–Crippen LogP) is 4.92. The van der Waals surface area contributed by atoms with Crippen molar-refractivity contribution in [3.8, 4) is 17.2 Å². The molecule has 0 radical (unpaired) electrons. The minimum Gasteiger partial charge on any atom is -0.486 e. The highest BCUT2D eigenvalue weighted by atomic mass is 35.5. The maximum atomic E-state index is 13.2. The lowest BCUT2D eigenvalue weighted by atomic mass is 10.1. The quantitative estimate of drug-likeness (QED) is 0.616. The third kappa shape index (κ3) is 3.63. The molecule has 0 aliphatic rings. The van der Waals surface area contributed by atoms with Crippen molar-refractivity contribution >= 4 is 17.4 Å². The molecule has 3 rings (SSSR count). The van der Waals surface area contributed by atoms with Crippen molar-refractivity contribution < 1.29 is 18.3 Å². The molecule has 0 saturated carbocycles. The van der Waals surface area contributed by atoms with Gasteiger partial charge in [0.25, 0.3) is 0 Å². The highest BCUT2D eigenvalue weighted by molar-refractivity contribution is 6.31. The third-order valence-electron chi connectivity index (χ3n) is 3.32. The highest BCUT2D eigenvalue weighted by Crippen LogP contribution is 2.25. The number of ether oxygens (including phenoxy) is 1. The first-order chi connectivity index (χ1) is 11.5. The summed E-state index contributed by atoms with van der Waals surface area (Å²) >= 11 is 5.90. The molecule has 1 heterocycles. The molecule has 0 aliphatic carbocycles. The van der Waals surface area contributed by atoms with Gasteiger partial charge in [0, 0.05) is 10.6 Å². The number of ketones is 1. The zero-order chi connectivity index (χ0) is 17.1. The molecule has 0 saturated heterocycles. The van der Waals surface area contributed by atoms with Crippen LogP contribution in [0, 0.1) is 5.82 Å². The number of carbonyl (C=O) groups excluding carboxylic acids is 1. The average Bonchev–Trinajstić information content (AvgIpc) is 3.02. The van der Waals surface area contributed by atoms with Gasteiger partial charge in [-0.25, -0.2) is 9.37 Å². The lowest BCUT2D eigenvalue weighted by Gasteiger charge is -2.08. The van der Waals surface area contributed by atoms with Gasteiger partial charge in [0.1, 0.15) is 30.1 Å². The van der Waals surface area contributed by atoms with Gasteiger partial charge in [-0.3, -0.25) is 4.79 Å². The molecule has 24 heavy (non-hydrogen) atoms. The second-order valence-corrected chi connectivity index (χ2v) is 5.58. The van der Waals surface area contributed by atoms with Crippen LogP contribution in [0.5, 0.6) is 5.75 Å². The van der Waals surface area contributed by atoms with E-state index in [9.17, 15) is 9.18 Å². The smallest absolute Gasteiger partial charge is 0.226 e.